The molecule has 0 saturated carbocycles. The Kier molecular flexibility index (Phi) is 4.27. The molecule has 1 N–H and O–H groups in total. The van der Waals surface area contributed by atoms with E-state index in [4.69, 9.17) is 6.57 Å². The van der Waals surface area contributed by atoms with Crippen LogP contribution in [0.3, 0.4) is 0 Å². The number of aromatic nitrogens is 1. The lowest BCUT2D eigenvalue weighted by Crippen LogP contribution is -2.33. The molecule has 2 aromatic rings. The third-order valence-electron chi connectivity index (χ3n) is 4.43. The van der Waals surface area contributed by atoms with Gasteiger partial charge in [0.1, 0.15) is 12.8 Å². The fourth-order valence-electron chi connectivity index (χ4n) is 3.15. The van der Waals surface area contributed by atoms with Crippen molar-refractivity contribution in [2.24, 2.45) is 0 Å². The molecule has 1 aromatic heterocycles. The Labute approximate surface area is 144 Å². The van der Waals surface area contributed by atoms with E-state index in [0.717, 1.165) is 4.57 Å². The maximum atomic E-state index is 13.8. The van der Waals surface area contributed by atoms with Gasteiger partial charge in [-0.2, -0.15) is 13.2 Å². The molecule has 3 nitrogen and oxygen atoms in total. The van der Waals surface area contributed by atoms with Crippen molar-refractivity contribution < 1.29 is 31.4 Å². The van der Waals surface area contributed by atoms with Gasteiger partial charge in [-0.1, -0.05) is 6.07 Å². The van der Waals surface area contributed by atoms with Gasteiger partial charge in [0.05, 0.1) is 12.1 Å². The normalized spacial score (nSPS) is 19.1. The number of hydrogen-bond acceptors (Lipinski definition) is 1. The second kappa shape index (κ2) is 6.06. The molecule has 26 heavy (non-hydrogen) atoms. The fourth-order valence-corrected chi connectivity index (χ4v) is 3.15. The highest BCUT2D eigenvalue weighted by molar-refractivity contribution is 5.58. The van der Waals surface area contributed by atoms with Gasteiger partial charge in [-0.3, -0.25) is 0 Å². The van der Waals surface area contributed by atoms with Crippen molar-refractivity contribution in [1.29, 1.82) is 0 Å². The first-order valence-electron chi connectivity index (χ1n) is 7.54. The summed E-state index contributed by atoms with van der Waals surface area (Å²) in [5, 5.41) is 9.81. The van der Waals surface area contributed by atoms with Crippen LogP contribution in [0.15, 0.2) is 24.4 Å². The molecule has 0 aliphatic heterocycles. The summed E-state index contributed by atoms with van der Waals surface area (Å²) >= 11 is 0. The lowest BCUT2D eigenvalue weighted by molar-refractivity contribution is -0.147. The molecule has 0 fully saturated rings. The Morgan fingerprint density at radius 2 is 2.00 bits per heavy atom. The smallest absolute Gasteiger partial charge is 0.382 e. The van der Waals surface area contributed by atoms with Gasteiger partial charge >= 0.3 is 6.18 Å². The second-order valence-corrected chi connectivity index (χ2v) is 5.99. The zero-order valence-electron chi connectivity index (χ0n) is 13.1. The summed E-state index contributed by atoms with van der Waals surface area (Å²) in [7, 11) is 0. The van der Waals surface area contributed by atoms with Gasteiger partial charge < -0.3 is 9.67 Å². The molecule has 138 valence electrons. The van der Waals surface area contributed by atoms with E-state index in [1.165, 1.54) is 18.2 Å². The largest absolute Gasteiger partial charge is 0.418 e. The molecular weight excluding hydrogens is 362 g/mol. The average molecular weight is 374 g/mol. The van der Waals surface area contributed by atoms with Crippen molar-refractivity contribution in [2.45, 2.75) is 37.7 Å². The molecular formula is C17H12F6N2O. The SMILES string of the molecule is [C-]#[N+]c1ccc(-n2cc(C(F)(F)F)c3c2CCC(F)(F)[C@H]3O)cc1CF. The fraction of sp³-hybridized carbons (Fsp3) is 0.353. The van der Waals surface area contributed by atoms with Crippen LogP contribution >= 0.6 is 0 Å². The van der Waals surface area contributed by atoms with E-state index < -0.39 is 42.4 Å². The van der Waals surface area contributed by atoms with E-state index in [0.29, 0.717) is 6.20 Å². The topological polar surface area (TPSA) is 29.5 Å². The average Bonchev–Trinajstić information content (AvgIpc) is 2.98. The van der Waals surface area contributed by atoms with Crippen molar-refractivity contribution in [3.05, 3.63) is 58.2 Å². The number of hydrogen-bond donors (Lipinski definition) is 1. The van der Waals surface area contributed by atoms with Gasteiger partial charge in [0.2, 0.25) is 0 Å². The van der Waals surface area contributed by atoms with Crippen LogP contribution in [0.4, 0.5) is 32.0 Å². The summed E-state index contributed by atoms with van der Waals surface area (Å²) in [4.78, 5) is 3.12. The predicted molar refractivity (Wildman–Crippen MR) is 80.1 cm³/mol. The Morgan fingerprint density at radius 3 is 2.58 bits per heavy atom. The minimum atomic E-state index is -4.94. The zero-order valence-corrected chi connectivity index (χ0v) is 13.1. The summed E-state index contributed by atoms with van der Waals surface area (Å²) in [5.41, 5.74) is -2.21. The number of aliphatic hydroxyl groups is 1. The first kappa shape index (κ1) is 18.3. The number of benzene rings is 1. The lowest BCUT2D eigenvalue weighted by atomic mass is 9.89. The predicted octanol–water partition coefficient (Wildman–Crippen LogP) is 5.13. The van der Waals surface area contributed by atoms with Crippen LogP contribution in [0.5, 0.6) is 0 Å². The molecule has 1 aliphatic rings. The molecule has 9 heteroatoms. The lowest BCUT2D eigenvalue weighted by Gasteiger charge is -2.29. The second-order valence-electron chi connectivity index (χ2n) is 5.99. The standard InChI is InChI=1S/C17H12F6N2O/c1-24-12-3-2-10(6-9(12)7-18)25-8-11(17(21,22)23)14-13(25)4-5-16(19,20)15(14)26/h2-3,6,8,15,26H,4-5,7H2/t15-/m0/s1. The number of alkyl halides is 6. The maximum absolute atomic E-state index is 13.8. The summed E-state index contributed by atoms with van der Waals surface area (Å²) in [6.07, 6.45) is -8.08. The van der Waals surface area contributed by atoms with Gasteiger partial charge in [0.25, 0.3) is 5.92 Å². The summed E-state index contributed by atoms with van der Waals surface area (Å²) in [5.74, 6) is -3.67. The molecule has 1 atom stereocenters. The van der Waals surface area contributed by atoms with Crippen LogP contribution in [-0.2, 0) is 19.3 Å². The number of rotatable bonds is 2. The number of aliphatic hydroxyl groups excluding tert-OH is 1. The monoisotopic (exact) mass is 374 g/mol. The molecule has 1 aromatic carbocycles. The van der Waals surface area contributed by atoms with E-state index in [2.05, 4.69) is 4.85 Å². The quantitative estimate of drug-likeness (QED) is 0.573. The molecule has 1 aliphatic carbocycles. The van der Waals surface area contributed by atoms with Crippen LogP contribution in [0.1, 0.15) is 34.9 Å². The third kappa shape index (κ3) is 2.84. The van der Waals surface area contributed by atoms with E-state index in [9.17, 15) is 31.4 Å². The van der Waals surface area contributed by atoms with Gasteiger partial charge in [0.15, 0.2) is 5.69 Å². The Hall–Kier alpha value is -2.47. The molecule has 3 rings (SSSR count). The minimum Gasteiger partial charge on any atom is -0.382 e. The van der Waals surface area contributed by atoms with Crippen molar-refractivity contribution in [2.75, 3.05) is 0 Å². The van der Waals surface area contributed by atoms with Crippen molar-refractivity contribution in [1.82, 2.24) is 4.57 Å². The number of nitrogens with zero attached hydrogens (tertiary/aromatic N) is 2. The molecule has 1 heterocycles. The zero-order chi connectivity index (χ0) is 19.3. The number of fused-ring (bicyclic) bond motifs is 1. The van der Waals surface area contributed by atoms with Gasteiger partial charge in [-0.25, -0.2) is 18.0 Å². The summed E-state index contributed by atoms with van der Waals surface area (Å²) < 4.78 is 81.6. The van der Waals surface area contributed by atoms with Crippen molar-refractivity contribution >= 4 is 5.69 Å². The minimum absolute atomic E-state index is 0.0138. The number of halogens is 6. The highest BCUT2D eigenvalue weighted by Crippen LogP contribution is 2.48. The first-order valence-corrected chi connectivity index (χ1v) is 7.54. The van der Waals surface area contributed by atoms with Crippen LogP contribution in [0.2, 0.25) is 0 Å². The molecule has 0 bridgehead atoms. The molecule has 0 radical (unpaired) electrons. The highest BCUT2D eigenvalue weighted by Gasteiger charge is 2.50. The van der Waals surface area contributed by atoms with Crippen LogP contribution in [0, 0.1) is 6.57 Å². The maximum Gasteiger partial charge on any atom is 0.418 e. The van der Waals surface area contributed by atoms with Crippen LogP contribution in [0.25, 0.3) is 10.5 Å². The first-order chi connectivity index (χ1) is 12.1. The van der Waals surface area contributed by atoms with E-state index in [1.807, 2.05) is 0 Å². The van der Waals surface area contributed by atoms with E-state index in [1.54, 1.807) is 0 Å². The van der Waals surface area contributed by atoms with E-state index >= 15 is 0 Å². The van der Waals surface area contributed by atoms with E-state index in [-0.39, 0.29) is 29.1 Å². The molecule has 0 amide bonds. The van der Waals surface area contributed by atoms with Crippen LogP contribution in [-0.4, -0.2) is 15.6 Å². The molecule has 0 unspecified atom stereocenters. The summed E-state index contributed by atoms with van der Waals surface area (Å²) in [6, 6.07) is 3.77. The van der Waals surface area contributed by atoms with Crippen molar-refractivity contribution in [3.8, 4) is 5.69 Å². The van der Waals surface area contributed by atoms with Gasteiger partial charge in [0, 0.05) is 29.6 Å². The van der Waals surface area contributed by atoms with Gasteiger partial charge in [-0.05, 0) is 24.1 Å². The van der Waals surface area contributed by atoms with Gasteiger partial charge in [-0.15, -0.1) is 0 Å². The Bertz CT molecular complexity index is 894. The molecule has 0 saturated heterocycles. The summed E-state index contributed by atoms with van der Waals surface area (Å²) in [6.45, 7) is 5.96. The molecule has 0 spiro atoms. The Morgan fingerprint density at radius 1 is 1.31 bits per heavy atom. The van der Waals surface area contributed by atoms with Crippen LogP contribution < -0.4 is 0 Å². The van der Waals surface area contributed by atoms with Crippen molar-refractivity contribution in [3.63, 3.8) is 0 Å². The highest BCUT2D eigenvalue weighted by atomic mass is 19.4. The third-order valence-corrected chi connectivity index (χ3v) is 4.43. The Balaban J connectivity index is 2.24.